The number of hydrogen-bond donors (Lipinski definition) is 1. The van der Waals surface area contributed by atoms with E-state index in [2.05, 4.69) is 4.90 Å². The molecule has 1 aromatic carbocycles. The van der Waals surface area contributed by atoms with Crippen LogP contribution in [0.5, 0.6) is 0 Å². The Bertz CT molecular complexity index is 411. The van der Waals surface area contributed by atoms with E-state index >= 15 is 0 Å². The molecule has 1 saturated heterocycles. The zero-order valence-electron chi connectivity index (χ0n) is 10.4. The van der Waals surface area contributed by atoms with Gasteiger partial charge >= 0.3 is 0 Å². The fourth-order valence-corrected chi connectivity index (χ4v) is 2.50. The topological polar surface area (TPSA) is 23.5 Å². The maximum atomic E-state index is 13.8. The van der Waals surface area contributed by atoms with Crippen LogP contribution in [0.1, 0.15) is 31.4 Å². The Morgan fingerprint density at radius 2 is 2.28 bits per heavy atom. The van der Waals surface area contributed by atoms with Crippen molar-refractivity contribution in [3.8, 4) is 0 Å². The van der Waals surface area contributed by atoms with Gasteiger partial charge < -0.3 is 5.11 Å². The number of rotatable bonds is 4. The van der Waals surface area contributed by atoms with Gasteiger partial charge in [0.05, 0.1) is 6.61 Å². The minimum atomic E-state index is -0.410. The predicted molar refractivity (Wildman–Crippen MR) is 65.1 cm³/mol. The first-order valence-corrected chi connectivity index (χ1v) is 6.10. The number of halogens is 2. The van der Waals surface area contributed by atoms with Crippen LogP contribution in [0.25, 0.3) is 0 Å². The van der Waals surface area contributed by atoms with E-state index < -0.39 is 5.82 Å². The molecule has 1 fully saturated rings. The number of nitrogens with zero attached hydrogens (tertiary/aromatic N) is 1. The van der Waals surface area contributed by atoms with Gasteiger partial charge in [0.2, 0.25) is 0 Å². The molecule has 2 rings (SSSR count). The lowest BCUT2D eigenvalue weighted by atomic mass is 10.0. The highest BCUT2D eigenvalue weighted by Gasteiger charge is 2.29. The number of aliphatic hydroxyl groups excluding tert-OH is 1. The van der Waals surface area contributed by atoms with Crippen molar-refractivity contribution in [2.75, 3.05) is 13.1 Å². The van der Waals surface area contributed by atoms with E-state index in [1.165, 1.54) is 12.1 Å². The van der Waals surface area contributed by atoms with Gasteiger partial charge in [-0.25, -0.2) is 8.78 Å². The summed E-state index contributed by atoms with van der Waals surface area (Å²) in [5.74, 6) is 0.0466. The van der Waals surface area contributed by atoms with Crippen LogP contribution in [-0.2, 0) is 0 Å². The molecule has 0 bridgehead atoms. The maximum Gasteiger partial charge on any atom is 0.128 e. The van der Waals surface area contributed by atoms with Gasteiger partial charge in [0.1, 0.15) is 11.6 Å². The average Bonchev–Trinajstić information content (AvgIpc) is 2.80. The first-order chi connectivity index (χ1) is 8.61. The Balaban J connectivity index is 2.17. The highest BCUT2D eigenvalue weighted by atomic mass is 19.1. The average molecular weight is 253 g/mol. The van der Waals surface area contributed by atoms with Crippen LogP contribution in [0.4, 0.5) is 8.78 Å². The monoisotopic (exact) mass is 253 g/mol. The quantitative estimate of drug-likeness (QED) is 0.890. The van der Waals surface area contributed by atoms with Gasteiger partial charge in [-0.3, -0.25) is 4.90 Å². The smallest absolute Gasteiger partial charge is 0.128 e. The summed E-state index contributed by atoms with van der Waals surface area (Å²) >= 11 is 0. The van der Waals surface area contributed by atoms with E-state index in [0.29, 0.717) is 12.1 Å². The SMILES string of the molecule is C[C]([CH]O)CN1CCC[C@@H]1c1cc(F)ccc1F. The van der Waals surface area contributed by atoms with E-state index in [4.69, 9.17) is 5.11 Å². The maximum absolute atomic E-state index is 13.8. The first kappa shape index (κ1) is 13.4. The third-order valence-electron chi connectivity index (χ3n) is 3.35. The molecule has 2 nitrogen and oxygen atoms in total. The van der Waals surface area contributed by atoms with Crippen molar-refractivity contribution in [2.24, 2.45) is 0 Å². The molecular formula is C14H17F2NO. The molecule has 4 heteroatoms. The second-order valence-corrected chi connectivity index (χ2v) is 4.77. The minimum Gasteiger partial charge on any atom is -0.390 e. The predicted octanol–water partition coefficient (Wildman–Crippen LogP) is 3.23. The molecule has 1 aliphatic heterocycles. The Kier molecular flexibility index (Phi) is 4.30. The molecule has 1 N–H and O–H groups in total. The molecule has 18 heavy (non-hydrogen) atoms. The largest absolute Gasteiger partial charge is 0.390 e. The summed E-state index contributed by atoms with van der Waals surface area (Å²) in [7, 11) is 0. The van der Waals surface area contributed by atoms with Crippen molar-refractivity contribution in [1.29, 1.82) is 0 Å². The van der Waals surface area contributed by atoms with Crippen molar-refractivity contribution < 1.29 is 13.9 Å². The second kappa shape index (κ2) is 5.76. The van der Waals surface area contributed by atoms with Crippen LogP contribution in [0.15, 0.2) is 18.2 Å². The zero-order chi connectivity index (χ0) is 13.1. The molecule has 1 aliphatic rings. The molecule has 98 valence electrons. The van der Waals surface area contributed by atoms with Gasteiger partial charge in [0.15, 0.2) is 0 Å². The van der Waals surface area contributed by atoms with Crippen LogP contribution in [0.2, 0.25) is 0 Å². The van der Waals surface area contributed by atoms with Gasteiger partial charge in [-0.1, -0.05) is 6.92 Å². The number of benzene rings is 1. The summed E-state index contributed by atoms with van der Waals surface area (Å²) in [6.45, 7) is 4.30. The molecule has 0 saturated carbocycles. The molecule has 2 radical (unpaired) electrons. The van der Waals surface area contributed by atoms with Crippen LogP contribution in [0.3, 0.4) is 0 Å². The molecule has 0 amide bonds. The van der Waals surface area contributed by atoms with Gasteiger partial charge in [0, 0.05) is 24.1 Å². The highest BCUT2D eigenvalue weighted by molar-refractivity contribution is 5.23. The van der Waals surface area contributed by atoms with E-state index in [1.807, 2.05) is 6.92 Å². The Morgan fingerprint density at radius 1 is 1.50 bits per heavy atom. The van der Waals surface area contributed by atoms with Crippen molar-refractivity contribution in [1.82, 2.24) is 4.90 Å². The summed E-state index contributed by atoms with van der Waals surface area (Å²) in [5.41, 5.74) is 0.415. The standard InChI is InChI=1S/C14H17F2NO/c1-10(9-18)8-17-6-2-3-14(17)12-7-11(15)4-5-13(12)16/h4-5,7,9,14,18H,2-3,6,8H2,1H3/t14-/m1/s1. The third-order valence-corrected chi connectivity index (χ3v) is 3.35. The molecule has 1 heterocycles. The minimum absolute atomic E-state index is 0.101. The summed E-state index contributed by atoms with van der Waals surface area (Å²) in [5, 5.41) is 8.93. The van der Waals surface area contributed by atoms with E-state index in [9.17, 15) is 8.78 Å². The Hall–Kier alpha value is -1.00. The van der Waals surface area contributed by atoms with E-state index in [-0.39, 0.29) is 11.9 Å². The molecule has 1 atom stereocenters. The lowest BCUT2D eigenvalue weighted by Crippen LogP contribution is -2.28. The molecule has 0 spiro atoms. The van der Waals surface area contributed by atoms with Crippen LogP contribution < -0.4 is 0 Å². The summed E-state index contributed by atoms with van der Waals surface area (Å²) < 4.78 is 27.0. The zero-order valence-corrected chi connectivity index (χ0v) is 10.4. The normalized spacial score (nSPS) is 20.8. The fourth-order valence-electron chi connectivity index (χ4n) is 2.50. The number of likely N-dealkylation sites (tertiary alicyclic amines) is 1. The lowest BCUT2D eigenvalue weighted by molar-refractivity contribution is 0.250. The highest BCUT2D eigenvalue weighted by Crippen LogP contribution is 2.34. The molecule has 0 unspecified atom stereocenters. The van der Waals surface area contributed by atoms with Crippen molar-refractivity contribution in [2.45, 2.75) is 25.8 Å². The molecule has 0 aliphatic carbocycles. The Morgan fingerprint density at radius 3 is 3.00 bits per heavy atom. The van der Waals surface area contributed by atoms with Crippen molar-refractivity contribution in [3.63, 3.8) is 0 Å². The number of aliphatic hydroxyl groups is 1. The molecule has 1 aromatic rings. The van der Waals surface area contributed by atoms with Crippen LogP contribution in [-0.4, -0.2) is 23.1 Å². The molecular weight excluding hydrogens is 236 g/mol. The summed E-state index contributed by atoms with van der Waals surface area (Å²) in [6, 6.07) is 3.49. The van der Waals surface area contributed by atoms with E-state index in [0.717, 1.165) is 38.0 Å². The fraction of sp³-hybridized carbons (Fsp3) is 0.429. The van der Waals surface area contributed by atoms with Crippen molar-refractivity contribution >= 4 is 0 Å². The van der Waals surface area contributed by atoms with E-state index in [1.54, 1.807) is 0 Å². The molecule has 0 aromatic heterocycles. The number of hydrogen-bond acceptors (Lipinski definition) is 2. The lowest BCUT2D eigenvalue weighted by Gasteiger charge is -2.27. The van der Waals surface area contributed by atoms with Gasteiger partial charge in [-0.2, -0.15) is 0 Å². The summed E-state index contributed by atoms with van der Waals surface area (Å²) in [4.78, 5) is 2.07. The first-order valence-electron chi connectivity index (χ1n) is 6.10. The van der Waals surface area contributed by atoms with Crippen LogP contribution in [0, 0.1) is 24.2 Å². The Labute approximate surface area is 106 Å². The summed E-state index contributed by atoms with van der Waals surface area (Å²) in [6.07, 6.45) is 1.78. The van der Waals surface area contributed by atoms with Gasteiger partial charge in [-0.05, 0) is 37.6 Å². The third kappa shape index (κ3) is 2.87. The van der Waals surface area contributed by atoms with Crippen molar-refractivity contribution in [3.05, 3.63) is 47.9 Å². The van der Waals surface area contributed by atoms with Crippen LogP contribution >= 0.6 is 0 Å². The second-order valence-electron chi connectivity index (χ2n) is 4.77. The van der Waals surface area contributed by atoms with Gasteiger partial charge in [0.25, 0.3) is 0 Å². The van der Waals surface area contributed by atoms with Gasteiger partial charge in [-0.15, -0.1) is 0 Å².